The minimum absolute atomic E-state index is 0.113. The molecule has 2 aromatic carbocycles. The van der Waals surface area contributed by atoms with Crippen LogP contribution in [-0.2, 0) is 13.0 Å². The molecule has 196 valence electrons. The number of amides is 1. The van der Waals surface area contributed by atoms with Gasteiger partial charge in [0.15, 0.2) is 5.69 Å². The van der Waals surface area contributed by atoms with Crippen LogP contribution in [0.15, 0.2) is 57.0 Å². The Morgan fingerprint density at radius 3 is 2.51 bits per heavy atom. The Morgan fingerprint density at radius 2 is 1.89 bits per heavy atom. The van der Waals surface area contributed by atoms with Crippen molar-refractivity contribution < 1.29 is 9.21 Å². The number of hydrogen-bond acceptors (Lipinski definition) is 7. The van der Waals surface area contributed by atoms with Crippen molar-refractivity contribution >= 4 is 59.2 Å². The van der Waals surface area contributed by atoms with E-state index in [-0.39, 0.29) is 5.91 Å². The molecule has 2 aliphatic rings. The standard InChI is InChI=1S/C20H25N5O2.C6H3Cl3S/c1-25(20(26)17-13-27-18(24-17)12-23-16-6-7-16)11-8-14-2-4-15(5-3-14)19-21-9-10-22-19;7-3-1-4(8)6(10)5(9)2-3/h2-5,13,16,23H,6-12H2,1H3,(H,21,22);1-2,10H. The van der Waals surface area contributed by atoms with Crippen molar-refractivity contribution in [2.75, 3.05) is 26.7 Å². The quantitative estimate of drug-likeness (QED) is 0.305. The molecule has 0 radical (unpaired) electrons. The molecular formula is C26H28Cl3N5O2S. The Morgan fingerprint density at radius 1 is 1.19 bits per heavy atom. The summed E-state index contributed by atoms with van der Waals surface area (Å²) in [6.45, 7) is 2.95. The van der Waals surface area contributed by atoms with Crippen LogP contribution in [0.3, 0.4) is 0 Å². The van der Waals surface area contributed by atoms with Crippen molar-refractivity contribution in [3.05, 3.63) is 80.4 Å². The number of amidine groups is 1. The van der Waals surface area contributed by atoms with Crippen molar-refractivity contribution in [1.82, 2.24) is 20.5 Å². The number of aliphatic imine (C=N–C) groups is 1. The fourth-order valence-electron chi connectivity index (χ4n) is 3.56. The number of likely N-dealkylation sites (N-methyl/N-ethyl adjacent to an activating group) is 1. The number of oxazole rings is 1. The molecule has 11 heteroatoms. The molecule has 5 rings (SSSR count). The third-order valence-electron chi connectivity index (χ3n) is 5.86. The van der Waals surface area contributed by atoms with Gasteiger partial charge in [-0.15, -0.1) is 12.6 Å². The smallest absolute Gasteiger partial charge is 0.275 e. The number of aromatic nitrogens is 1. The Hall–Kier alpha value is -2.23. The zero-order valence-electron chi connectivity index (χ0n) is 20.3. The van der Waals surface area contributed by atoms with Gasteiger partial charge in [0.2, 0.25) is 5.89 Å². The van der Waals surface area contributed by atoms with E-state index in [4.69, 9.17) is 39.2 Å². The predicted octanol–water partition coefficient (Wildman–Crippen LogP) is 5.53. The number of benzene rings is 2. The van der Waals surface area contributed by atoms with Gasteiger partial charge in [-0.1, -0.05) is 59.1 Å². The van der Waals surface area contributed by atoms with Gasteiger partial charge < -0.3 is 20.0 Å². The van der Waals surface area contributed by atoms with Crippen molar-refractivity contribution in [2.24, 2.45) is 4.99 Å². The van der Waals surface area contributed by atoms with Gasteiger partial charge in [0.05, 0.1) is 23.1 Å². The van der Waals surface area contributed by atoms with E-state index in [1.807, 2.05) is 0 Å². The highest BCUT2D eigenvalue weighted by Gasteiger charge is 2.22. The van der Waals surface area contributed by atoms with Crippen LogP contribution in [0.1, 0.15) is 40.3 Å². The molecule has 1 aromatic heterocycles. The van der Waals surface area contributed by atoms with Gasteiger partial charge in [0.1, 0.15) is 12.1 Å². The number of halogens is 3. The van der Waals surface area contributed by atoms with E-state index in [9.17, 15) is 4.79 Å². The molecule has 1 amide bonds. The zero-order valence-corrected chi connectivity index (χ0v) is 23.5. The van der Waals surface area contributed by atoms with Crippen LogP contribution in [0, 0.1) is 0 Å². The molecule has 7 nitrogen and oxygen atoms in total. The summed E-state index contributed by atoms with van der Waals surface area (Å²) in [6, 6.07) is 12.1. The van der Waals surface area contributed by atoms with Gasteiger partial charge in [-0.05, 0) is 37.0 Å². The molecule has 3 aromatic rings. The summed E-state index contributed by atoms with van der Waals surface area (Å²) in [7, 11) is 1.80. The lowest BCUT2D eigenvalue weighted by molar-refractivity contribution is 0.0790. The van der Waals surface area contributed by atoms with Crippen LogP contribution in [0.25, 0.3) is 0 Å². The second-order valence-corrected chi connectivity index (χ2v) is 10.5. The number of hydrogen-bond donors (Lipinski definition) is 3. The highest BCUT2D eigenvalue weighted by atomic mass is 35.5. The van der Waals surface area contributed by atoms with Crippen molar-refractivity contribution in [2.45, 2.75) is 36.7 Å². The summed E-state index contributed by atoms with van der Waals surface area (Å²) in [5, 5.41) is 8.07. The molecule has 37 heavy (non-hydrogen) atoms. The predicted molar refractivity (Wildman–Crippen MR) is 152 cm³/mol. The summed E-state index contributed by atoms with van der Waals surface area (Å²) < 4.78 is 5.40. The Bertz CT molecular complexity index is 1240. The topological polar surface area (TPSA) is 82.8 Å². The minimum Gasteiger partial charge on any atom is -0.447 e. The summed E-state index contributed by atoms with van der Waals surface area (Å²) in [5.74, 6) is 1.42. The van der Waals surface area contributed by atoms with E-state index in [0.717, 1.165) is 30.9 Å². The first kappa shape index (κ1) is 27.8. The molecule has 0 bridgehead atoms. The molecular weight excluding hydrogens is 553 g/mol. The van der Waals surface area contributed by atoms with Crippen molar-refractivity contribution in [3.63, 3.8) is 0 Å². The molecule has 0 atom stereocenters. The maximum Gasteiger partial charge on any atom is 0.275 e. The summed E-state index contributed by atoms with van der Waals surface area (Å²) in [5.41, 5.74) is 2.66. The Balaban J connectivity index is 0.000000270. The number of carbonyl (C=O) groups is 1. The molecule has 1 aliphatic carbocycles. The molecule has 0 spiro atoms. The lowest BCUT2D eigenvalue weighted by Gasteiger charge is -2.15. The van der Waals surface area contributed by atoms with Crippen LogP contribution in [0.2, 0.25) is 15.1 Å². The van der Waals surface area contributed by atoms with Gasteiger partial charge in [-0.25, -0.2) is 4.98 Å². The third-order valence-corrected chi connectivity index (χ3v) is 7.42. The van der Waals surface area contributed by atoms with Gasteiger partial charge >= 0.3 is 0 Å². The number of nitrogens with zero attached hydrogens (tertiary/aromatic N) is 3. The fourth-order valence-corrected chi connectivity index (χ4v) is 4.50. The van der Waals surface area contributed by atoms with E-state index in [2.05, 4.69) is 57.5 Å². The van der Waals surface area contributed by atoms with E-state index >= 15 is 0 Å². The first-order valence-corrected chi connectivity index (χ1v) is 13.5. The molecule has 1 fully saturated rings. The van der Waals surface area contributed by atoms with Gasteiger partial charge in [0.25, 0.3) is 5.91 Å². The number of rotatable bonds is 8. The Kier molecular flexibility index (Phi) is 9.78. The maximum absolute atomic E-state index is 12.5. The van der Waals surface area contributed by atoms with E-state index < -0.39 is 0 Å². The van der Waals surface area contributed by atoms with E-state index in [1.54, 1.807) is 24.1 Å². The number of thiol groups is 1. The molecule has 1 saturated carbocycles. The van der Waals surface area contributed by atoms with Crippen LogP contribution in [0.4, 0.5) is 0 Å². The number of nitrogens with one attached hydrogen (secondary N) is 2. The normalized spacial score (nSPS) is 14.5. The third kappa shape index (κ3) is 8.12. The largest absolute Gasteiger partial charge is 0.447 e. The average Bonchev–Trinajstić information content (AvgIpc) is 3.34. The first-order valence-electron chi connectivity index (χ1n) is 11.9. The van der Waals surface area contributed by atoms with Gasteiger partial charge in [-0.2, -0.15) is 0 Å². The first-order chi connectivity index (χ1) is 17.8. The molecule has 2 N–H and O–H groups in total. The molecule has 0 unspecified atom stereocenters. The fraction of sp³-hybridized carbons (Fsp3) is 0.346. The second kappa shape index (κ2) is 13.0. The summed E-state index contributed by atoms with van der Waals surface area (Å²) in [4.78, 5) is 23.5. The van der Waals surface area contributed by atoms with Gasteiger partial charge in [0, 0.05) is 41.7 Å². The number of carbonyl (C=O) groups excluding carboxylic acids is 1. The van der Waals surface area contributed by atoms with E-state index in [1.165, 1.54) is 24.7 Å². The molecule has 0 saturated heterocycles. The van der Waals surface area contributed by atoms with Crippen molar-refractivity contribution in [3.8, 4) is 0 Å². The summed E-state index contributed by atoms with van der Waals surface area (Å²) in [6.07, 6.45) is 4.66. The molecule has 1 aliphatic heterocycles. The molecule has 2 heterocycles. The Labute approximate surface area is 237 Å². The lowest BCUT2D eigenvalue weighted by atomic mass is 10.1. The summed E-state index contributed by atoms with van der Waals surface area (Å²) >= 11 is 21.0. The lowest BCUT2D eigenvalue weighted by Crippen LogP contribution is -2.29. The average molecular weight is 581 g/mol. The maximum atomic E-state index is 12.5. The SMILES string of the molecule is CN(CCc1ccc(C2=NCCN2)cc1)C(=O)c1coc(CNC2CC2)n1.Sc1c(Cl)cc(Cl)cc1Cl. The van der Waals surface area contributed by atoms with Crippen LogP contribution in [0.5, 0.6) is 0 Å². The van der Waals surface area contributed by atoms with Crippen LogP contribution in [-0.4, -0.2) is 54.4 Å². The van der Waals surface area contributed by atoms with Crippen LogP contribution >= 0.6 is 47.4 Å². The highest BCUT2D eigenvalue weighted by Crippen LogP contribution is 2.31. The monoisotopic (exact) mass is 579 g/mol. The van der Waals surface area contributed by atoms with Gasteiger partial charge in [-0.3, -0.25) is 9.79 Å². The van der Waals surface area contributed by atoms with E-state index in [0.29, 0.717) is 50.7 Å². The highest BCUT2D eigenvalue weighted by molar-refractivity contribution is 7.80. The zero-order chi connectivity index (χ0) is 26.4. The minimum atomic E-state index is -0.113. The van der Waals surface area contributed by atoms with Crippen molar-refractivity contribution in [1.29, 1.82) is 0 Å². The second-order valence-electron chi connectivity index (χ2n) is 8.83. The van der Waals surface area contributed by atoms with Crippen LogP contribution < -0.4 is 10.6 Å².